The fourth-order valence-electron chi connectivity index (χ4n) is 2.34. The van der Waals surface area contributed by atoms with Gasteiger partial charge in [0.25, 0.3) is 5.24 Å². The van der Waals surface area contributed by atoms with Gasteiger partial charge in [-0.3, -0.25) is 4.79 Å². The molecule has 1 aromatic rings. The molecule has 22 heavy (non-hydrogen) atoms. The highest BCUT2D eigenvalue weighted by Crippen LogP contribution is 2.23. The zero-order valence-corrected chi connectivity index (χ0v) is 13.3. The van der Waals surface area contributed by atoms with Crippen LogP contribution >= 0.6 is 11.6 Å². The van der Waals surface area contributed by atoms with Crippen LogP contribution in [-0.2, 0) is 6.42 Å². The van der Waals surface area contributed by atoms with E-state index in [1.54, 1.807) is 12.1 Å². The van der Waals surface area contributed by atoms with E-state index in [9.17, 15) is 18.0 Å². The molecule has 124 valence electrons. The standard InChI is InChI=1S/C17H22ClF3O/c18-16(22)15-11-9-14(10-12-15)8-6-4-2-1-3-5-7-13-17(19,20)21/h9-12H,1-8,13H2. The van der Waals surface area contributed by atoms with Crippen molar-refractivity contribution in [2.24, 2.45) is 0 Å². The number of carbonyl (C=O) groups is 1. The number of alkyl halides is 3. The lowest BCUT2D eigenvalue weighted by molar-refractivity contribution is -0.135. The van der Waals surface area contributed by atoms with Gasteiger partial charge >= 0.3 is 6.18 Å². The molecule has 0 saturated carbocycles. The summed E-state index contributed by atoms with van der Waals surface area (Å²) >= 11 is 5.38. The van der Waals surface area contributed by atoms with Crippen molar-refractivity contribution in [2.75, 3.05) is 0 Å². The Morgan fingerprint density at radius 1 is 0.864 bits per heavy atom. The van der Waals surface area contributed by atoms with Crippen LogP contribution in [0.2, 0.25) is 0 Å². The fourth-order valence-corrected chi connectivity index (χ4v) is 2.47. The summed E-state index contributed by atoms with van der Waals surface area (Å²) in [6.45, 7) is 0. The lowest BCUT2D eigenvalue weighted by Gasteiger charge is -2.06. The molecule has 0 saturated heterocycles. The number of rotatable bonds is 10. The van der Waals surface area contributed by atoms with Gasteiger partial charge in [0.05, 0.1) is 0 Å². The summed E-state index contributed by atoms with van der Waals surface area (Å²) in [7, 11) is 0. The van der Waals surface area contributed by atoms with E-state index in [0.717, 1.165) is 38.5 Å². The van der Waals surface area contributed by atoms with Crippen LogP contribution in [0.4, 0.5) is 13.2 Å². The molecule has 0 heterocycles. The predicted octanol–water partition coefficient (Wildman–Crippen LogP) is 6.29. The fraction of sp³-hybridized carbons (Fsp3) is 0.588. The first-order chi connectivity index (χ1) is 10.4. The second-order valence-corrected chi connectivity index (χ2v) is 5.90. The molecule has 0 radical (unpaired) electrons. The van der Waals surface area contributed by atoms with Crippen LogP contribution in [0.3, 0.4) is 0 Å². The summed E-state index contributed by atoms with van der Waals surface area (Å²) < 4.78 is 35.8. The molecule has 0 amide bonds. The van der Waals surface area contributed by atoms with Gasteiger partial charge < -0.3 is 0 Å². The first kappa shape index (κ1) is 19.0. The summed E-state index contributed by atoms with van der Waals surface area (Å²) in [6, 6.07) is 7.27. The van der Waals surface area contributed by atoms with Crippen molar-refractivity contribution in [3.63, 3.8) is 0 Å². The van der Waals surface area contributed by atoms with E-state index < -0.39 is 17.8 Å². The monoisotopic (exact) mass is 334 g/mol. The van der Waals surface area contributed by atoms with Crippen LogP contribution in [-0.4, -0.2) is 11.4 Å². The van der Waals surface area contributed by atoms with Gasteiger partial charge in [-0.05, 0) is 48.6 Å². The van der Waals surface area contributed by atoms with Gasteiger partial charge in [0.1, 0.15) is 0 Å². The Morgan fingerprint density at radius 2 is 1.36 bits per heavy atom. The van der Waals surface area contributed by atoms with Crippen LogP contribution in [0.25, 0.3) is 0 Å². The minimum absolute atomic E-state index is 0.245. The van der Waals surface area contributed by atoms with E-state index in [-0.39, 0.29) is 6.42 Å². The van der Waals surface area contributed by atoms with Crippen molar-refractivity contribution in [1.82, 2.24) is 0 Å². The van der Waals surface area contributed by atoms with Gasteiger partial charge in [0, 0.05) is 12.0 Å². The van der Waals surface area contributed by atoms with Gasteiger partial charge in [-0.1, -0.05) is 44.2 Å². The zero-order chi connectivity index (χ0) is 16.4. The Balaban J connectivity index is 2.00. The third-order valence-corrected chi connectivity index (χ3v) is 3.82. The molecule has 0 fully saturated rings. The third kappa shape index (κ3) is 9.08. The maximum atomic E-state index is 11.9. The molecule has 0 aliphatic heterocycles. The Labute approximate surface area is 134 Å². The zero-order valence-electron chi connectivity index (χ0n) is 12.6. The van der Waals surface area contributed by atoms with Gasteiger partial charge in [0.2, 0.25) is 0 Å². The lowest BCUT2D eigenvalue weighted by atomic mass is 10.0. The van der Waals surface area contributed by atoms with Crippen LogP contribution in [0.15, 0.2) is 24.3 Å². The molecular formula is C17H22ClF3O. The smallest absolute Gasteiger partial charge is 0.276 e. The summed E-state index contributed by atoms with van der Waals surface area (Å²) in [5.41, 5.74) is 1.68. The van der Waals surface area contributed by atoms with Crippen molar-refractivity contribution in [1.29, 1.82) is 0 Å². The van der Waals surface area contributed by atoms with Crippen molar-refractivity contribution >= 4 is 16.8 Å². The van der Waals surface area contributed by atoms with E-state index in [1.165, 1.54) is 5.56 Å². The summed E-state index contributed by atoms with van der Waals surface area (Å²) in [6.07, 6.45) is 2.25. The average molecular weight is 335 g/mol. The van der Waals surface area contributed by atoms with Gasteiger partial charge in [-0.15, -0.1) is 0 Å². The molecule has 1 aromatic carbocycles. The third-order valence-electron chi connectivity index (χ3n) is 3.61. The molecule has 0 unspecified atom stereocenters. The number of carbonyl (C=O) groups excluding carboxylic acids is 1. The number of hydrogen-bond acceptors (Lipinski definition) is 1. The topological polar surface area (TPSA) is 17.1 Å². The van der Waals surface area contributed by atoms with Crippen molar-refractivity contribution in [2.45, 2.75) is 64.0 Å². The molecule has 0 spiro atoms. The second-order valence-electron chi connectivity index (χ2n) is 5.56. The molecular weight excluding hydrogens is 313 g/mol. The predicted molar refractivity (Wildman–Crippen MR) is 83.3 cm³/mol. The highest BCUT2D eigenvalue weighted by Gasteiger charge is 2.25. The molecule has 1 nitrogen and oxygen atoms in total. The maximum absolute atomic E-state index is 11.9. The highest BCUT2D eigenvalue weighted by atomic mass is 35.5. The normalized spacial score (nSPS) is 11.6. The number of unbranched alkanes of at least 4 members (excludes halogenated alkanes) is 6. The van der Waals surface area contributed by atoms with Crippen molar-refractivity contribution in [3.05, 3.63) is 35.4 Å². The van der Waals surface area contributed by atoms with Crippen LogP contribution in [0, 0.1) is 0 Å². The van der Waals surface area contributed by atoms with E-state index in [0.29, 0.717) is 12.0 Å². The molecule has 0 N–H and O–H groups in total. The van der Waals surface area contributed by atoms with Gasteiger partial charge in [0.15, 0.2) is 0 Å². The number of hydrogen-bond donors (Lipinski definition) is 0. The highest BCUT2D eigenvalue weighted by molar-refractivity contribution is 6.67. The minimum Gasteiger partial charge on any atom is -0.276 e. The van der Waals surface area contributed by atoms with Crippen LogP contribution < -0.4 is 0 Å². The summed E-state index contributed by atoms with van der Waals surface area (Å²) in [5.74, 6) is 0. The van der Waals surface area contributed by atoms with E-state index in [2.05, 4.69) is 0 Å². The quantitative estimate of drug-likeness (QED) is 0.363. The molecule has 0 aromatic heterocycles. The molecule has 0 atom stereocenters. The summed E-state index contributed by atoms with van der Waals surface area (Å²) in [4.78, 5) is 10.9. The van der Waals surface area contributed by atoms with Crippen LogP contribution in [0.1, 0.15) is 67.3 Å². The van der Waals surface area contributed by atoms with Crippen molar-refractivity contribution < 1.29 is 18.0 Å². The van der Waals surface area contributed by atoms with E-state index in [4.69, 9.17) is 11.6 Å². The lowest BCUT2D eigenvalue weighted by Crippen LogP contribution is -2.06. The van der Waals surface area contributed by atoms with E-state index >= 15 is 0 Å². The van der Waals surface area contributed by atoms with Crippen LogP contribution in [0.5, 0.6) is 0 Å². The first-order valence-corrected chi connectivity index (χ1v) is 8.12. The minimum atomic E-state index is -4.01. The number of benzene rings is 1. The first-order valence-electron chi connectivity index (χ1n) is 7.74. The average Bonchev–Trinajstić information content (AvgIpc) is 2.45. The largest absolute Gasteiger partial charge is 0.389 e. The Morgan fingerprint density at radius 3 is 1.86 bits per heavy atom. The Hall–Kier alpha value is -1.03. The van der Waals surface area contributed by atoms with Gasteiger partial charge in [-0.2, -0.15) is 13.2 Å². The molecule has 0 aliphatic carbocycles. The second kappa shape index (κ2) is 9.88. The Bertz CT molecular complexity index is 440. The number of halogens is 4. The Kier molecular flexibility index (Phi) is 8.54. The molecule has 0 aliphatic rings. The van der Waals surface area contributed by atoms with Crippen molar-refractivity contribution in [3.8, 4) is 0 Å². The van der Waals surface area contributed by atoms with Gasteiger partial charge in [-0.25, -0.2) is 0 Å². The maximum Gasteiger partial charge on any atom is 0.389 e. The number of aryl methyl sites for hydroxylation is 1. The molecule has 0 bridgehead atoms. The molecule has 5 heteroatoms. The summed E-state index contributed by atoms with van der Waals surface area (Å²) in [5, 5.41) is -0.447. The molecule has 1 rings (SSSR count). The van der Waals surface area contributed by atoms with E-state index in [1.807, 2.05) is 12.1 Å². The SMILES string of the molecule is O=C(Cl)c1ccc(CCCCCCCCCC(F)(F)F)cc1.